The molecule has 5 nitrogen and oxygen atoms in total. The number of hydrogen-bond donors (Lipinski definition) is 0. The van der Waals surface area contributed by atoms with E-state index in [0.29, 0.717) is 13.2 Å². The molecule has 0 aliphatic carbocycles. The molecule has 0 fully saturated rings. The standard InChI is InChI=1S/C23H22N2O3/c1-26-18-9-7-10-19(14-18)28-16-23-24-20-11-4-5-12-21(20)25(23)15-17-8-3-6-13-22(17)27-2/h3-14H,15-16H2,1-2H3. The van der Waals surface area contributed by atoms with E-state index in [-0.39, 0.29) is 0 Å². The third kappa shape index (κ3) is 3.64. The second-order valence-corrected chi connectivity index (χ2v) is 6.38. The van der Waals surface area contributed by atoms with E-state index in [1.807, 2.05) is 60.7 Å². The molecule has 142 valence electrons. The van der Waals surface area contributed by atoms with E-state index in [9.17, 15) is 0 Å². The lowest BCUT2D eigenvalue weighted by Crippen LogP contribution is -2.09. The lowest BCUT2D eigenvalue weighted by molar-refractivity contribution is 0.289. The number of hydrogen-bond acceptors (Lipinski definition) is 4. The molecule has 0 radical (unpaired) electrons. The second-order valence-electron chi connectivity index (χ2n) is 6.38. The van der Waals surface area contributed by atoms with Crippen molar-refractivity contribution < 1.29 is 14.2 Å². The van der Waals surface area contributed by atoms with Gasteiger partial charge in [0.1, 0.15) is 29.7 Å². The van der Waals surface area contributed by atoms with Crippen molar-refractivity contribution in [1.82, 2.24) is 9.55 Å². The first kappa shape index (κ1) is 17.9. The zero-order chi connectivity index (χ0) is 19.3. The molecule has 0 bridgehead atoms. The minimum absolute atomic E-state index is 0.358. The van der Waals surface area contributed by atoms with Crippen molar-refractivity contribution in [3.8, 4) is 17.2 Å². The summed E-state index contributed by atoms with van der Waals surface area (Å²) in [6, 6.07) is 23.7. The number of fused-ring (bicyclic) bond motifs is 1. The number of ether oxygens (including phenoxy) is 3. The van der Waals surface area contributed by atoms with Crippen LogP contribution in [0.2, 0.25) is 0 Å². The largest absolute Gasteiger partial charge is 0.497 e. The quantitative estimate of drug-likeness (QED) is 0.471. The van der Waals surface area contributed by atoms with Gasteiger partial charge in [0.2, 0.25) is 0 Å². The van der Waals surface area contributed by atoms with Gasteiger partial charge in [-0.05, 0) is 30.3 Å². The Kier molecular flexibility index (Phi) is 5.15. The molecule has 5 heteroatoms. The molecular weight excluding hydrogens is 352 g/mol. The van der Waals surface area contributed by atoms with Crippen LogP contribution in [0.15, 0.2) is 72.8 Å². The molecule has 0 aliphatic heterocycles. The van der Waals surface area contributed by atoms with Gasteiger partial charge in [-0.2, -0.15) is 0 Å². The fourth-order valence-corrected chi connectivity index (χ4v) is 3.25. The van der Waals surface area contributed by atoms with Crippen molar-refractivity contribution in [2.75, 3.05) is 14.2 Å². The first-order chi connectivity index (χ1) is 13.8. The minimum Gasteiger partial charge on any atom is -0.497 e. The number of benzene rings is 3. The van der Waals surface area contributed by atoms with Gasteiger partial charge < -0.3 is 18.8 Å². The van der Waals surface area contributed by atoms with E-state index >= 15 is 0 Å². The molecule has 0 saturated heterocycles. The molecule has 0 aliphatic rings. The Balaban J connectivity index is 1.67. The Morgan fingerprint density at radius 1 is 0.821 bits per heavy atom. The molecule has 0 saturated carbocycles. The smallest absolute Gasteiger partial charge is 0.148 e. The van der Waals surface area contributed by atoms with E-state index in [1.54, 1.807) is 14.2 Å². The maximum Gasteiger partial charge on any atom is 0.148 e. The molecule has 3 aromatic carbocycles. The first-order valence-electron chi connectivity index (χ1n) is 9.11. The Morgan fingerprint density at radius 2 is 1.61 bits per heavy atom. The van der Waals surface area contributed by atoms with Crippen molar-refractivity contribution in [3.63, 3.8) is 0 Å². The van der Waals surface area contributed by atoms with Gasteiger partial charge in [0, 0.05) is 11.6 Å². The van der Waals surface area contributed by atoms with Crippen LogP contribution in [0.1, 0.15) is 11.4 Å². The average Bonchev–Trinajstić information content (AvgIpc) is 3.10. The van der Waals surface area contributed by atoms with Crippen molar-refractivity contribution in [2.24, 2.45) is 0 Å². The van der Waals surface area contributed by atoms with Crippen LogP contribution >= 0.6 is 0 Å². The zero-order valence-electron chi connectivity index (χ0n) is 16.0. The molecule has 4 rings (SSSR count). The lowest BCUT2D eigenvalue weighted by Gasteiger charge is -2.13. The van der Waals surface area contributed by atoms with Gasteiger partial charge in [-0.3, -0.25) is 0 Å². The van der Waals surface area contributed by atoms with Crippen LogP contribution in [0.5, 0.6) is 17.2 Å². The maximum atomic E-state index is 6.00. The highest BCUT2D eigenvalue weighted by Gasteiger charge is 2.13. The van der Waals surface area contributed by atoms with Gasteiger partial charge in [-0.1, -0.05) is 36.4 Å². The third-order valence-corrected chi connectivity index (χ3v) is 4.66. The van der Waals surface area contributed by atoms with E-state index in [0.717, 1.165) is 39.7 Å². The van der Waals surface area contributed by atoms with Gasteiger partial charge in [-0.25, -0.2) is 4.98 Å². The average molecular weight is 374 g/mol. The zero-order valence-corrected chi connectivity index (χ0v) is 16.0. The van der Waals surface area contributed by atoms with Crippen LogP contribution in [-0.2, 0) is 13.2 Å². The number of nitrogens with zero attached hydrogens (tertiary/aromatic N) is 2. The molecule has 0 amide bonds. The number of aromatic nitrogens is 2. The van der Waals surface area contributed by atoms with Gasteiger partial charge in [0.15, 0.2) is 0 Å². The summed E-state index contributed by atoms with van der Waals surface area (Å²) in [6.45, 7) is 1.01. The number of imidazole rings is 1. The molecule has 0 N–H and O–H groups in total. The van der Waals surface area contributed by atoms with Crippen LogP contribution in [0.3, 0.4) is 0 Å². The summed E-state index contributed by atoms with van der Waals surface area (Å²) >= 11 is 0. The normalized spacial score (nSPS) is 10.8. The first-order valence-corrected chi connectivity index (χ1v) is 9.11. The van der Waals surface area contributed by atoms with Crippen molar-refractivity contribution in [1.29, 1.82) is 0 Å². The molecule has 28 heavy (non-hydrogen) atoms. The summed E-state index contributed by atoms with van der Waals surface area (Å²) in [5, 5.41) is 0. The van der Waals surface area contributed by atoms with Crippen molar-refractivity contribution >= 4 is 11.0 Å². The minimum atomic E-state index is 0.358. The van der Waals surface area contributed by atoms with Crippen LogP contribution in [0.4, 0.5) is 0 Å². The summed E-state index contributed by atoms with van der Waals surface area (Å²) in [7, 11) is 3.34. The topological polar surface area (TPSA) is 45.5 Å². The summed E-state index contributed by atoms with van der Waals surface area (Å²) in [4.78, 5) is 4.79. The van der Waals surface area contributed by atoms with E-state index < -0.39 is 0 Å². The van der Waals surface area contributed by atoms with Crippen LogP contribution in [-0.4, -0.2) is 23.8 Å². The molecule has 0 atom stereocenters. The van der Waals surface area contributed by atoms with E-state index in [2.05, 4.69) is 16.7 Å². The van der Waals surface area contributed by atoms with Crippen molar-refractivity contribution in [2.45, 2.75) is 13.2 Å². The highest BCUT2D eigenvalue weighted by atomic mass is 16.5. The second kappa shape index (κ2) is 8.05. The predicted octanol–water partition coefficient (Wildman–Crippen LogP) is 4.68. The summed E-state index contributed by atoms with van der Waals surface area (Å²) in [6.07, 6.45) is 0. The summed E-state index contributed by atoms with van der Waals surface area (Å²) in [5.41, 5.74) is 3.11. The lowest BCUT2D eigenvalue weighted by atomic mass is 10.2. The van der Waals surface area contributed by atoms with Crippen LogP contribution in [0, 0.1) is 0 Å². The Labute approximate surface area is 164 Å². The Bertz CT molecular complexity index is 1090. The predicted molar refractivity (Wildman–Crippen MR) is 109 cm³/mol. The molecule has 0 spiro atoms. The van der Waals surface area contributed by atoms with Gasteiger partial charge in [-0.15, -0.1) is 0 Å². The molecule has 0 unspecified atom stereocenters. The summed E-state index contributed by atoms with van der Waals surface area (Å²) < 4.78 is 19.0. The number of para-hydroxylation sites is 3. The summed E-state index contributed by atoms with van der Waals surface area (Å²) in [5.74, 6) is 3.23. The molecule has 1 heterocycles. The van der Waals surface area contributed by atoms with E-state index in [1.165, 1.54) is 0 Å². The molecule has 1 aromatic heterocycles. The number of methoxy groups -OCH3 is 2. The van der Waals surface area contributed by atoms with Gasteiger partial charge in [0.25, 0.3) is 0 Å². The van der Waals surface area contributed by atoms with Crippen LogP contribution < -0.4 is 14.2 Å². The maximum absolute atomic E-state index is 6.00. The molecular formula is C23H22N2O3. The van der Waals surface area contributed by atoms with Crippen LogP contribution in [0.25, 0.3) is 11.0 Å². The fourth-order valence-electron chi connectivity index (χ4n) is 3.25. The van der Waals surface area contributed by atoms with Gasteiger partial charge >= 0.3 is 0 Å². The molecule has 4 aromatic rings. The highest BCUT2D eigenvalue weighted by Crippen LogP contribution is 2.25. The fraction of sp³-hybridized carbons (Fsp3) is 0.174. The highest BCUT2D eigenvalue weighted by molar-refractivity contribution is 5.76. The third-order valence-electron chi connectivity index (χ3n) is 4.66. The van der Waals surface area contributed by atoms with Crippen molar-refractivity contribution in [3.05, 3.63) is 84.2 Å². The SMILES string of the molecule is COc1cccc(OCc2nc3ccccc3n2Cc2ccccc2OC)c1. The Morgan fingerprint density at radius 3 is 2.46 bits per heavy atom. The number of rotatable bonds is 7. The monoisotopic (exact) mass is 374 g/mol. The van der Waals surface area contributed by atoms with Gasteiger partial charge in [0.05, 0.1) is 31.8 Å². The van der Waals surface area contributed by atoms with E-state index in [4.69, 9.17) is 19.2 Å². The Hall–Kier alpha value is -3.47.